The molecule has 2 aliphatic heterocycles. The molecule has 2 amide bonds. The molecule has 0 unspecified atom stereocenters. The van der Waals surface area contributed by atoms with Crippen LogP contribution in [0.15, 0.2) is 54.6 Å². The van der Waals surface area contributed by atoms with Crippen LogP contribution in [-0.2, 0) is 17.8 Å². The number of nitrogens with zero attached hydrogens (tertiary/aromatic N) is 2. The van der Waals surface area contributed by atoms with Crippen molar-refractivity contribution < 1.29 is 9.59 Å². The zero-order chi connectivity index (χ0) is 27.0. The SMILES string of the molecule is CC(=O)NCc1ccc(-c2ccc(C(=O)N3CCc4cc(Cl)c(N5C[C@@H](C)N[C@@H](C)C5)cc43)cc2)c(C)c1. The zero-order valence-corrected chi connectivity index (χ0v) is 23.2. The minimum Gasteiger partial charge on any atom is -0.367 e. The fraction of sp³-hybridized carbons (Fsp3) is 0.355. The van der Waals surface area contributed by atoms with Crippen LogP contribution in [0.2, 0.25) is 5.02 Å². The molecule has 38 heavy (non-hydrogen) atoms. The lowest BCUT2D eigenvalue weighted by atomic mass is 9.97. The maximum atomic E-state index is 13.6. The van der Waals surface area contributed by atoms with Crippen molar-refractivity contribution in [2.75, 3.05) is 29.4 Å². The highest BCUT2D eigenvalue weighted by Gasteiger charge is 2.29. The fourth-order valence-corrected chi connectivity index (χ4v) is 6.01. The van der Waals surface area contributed by atoms with Crippen LogP contribution in [0.25, 0.3) is 11.1 Å². The number of benzene rings is 3. The molecule has 0 aliphatic carbocycles. The second kappa shape index (κ2) is 10.8. The van der Waals surface area contributed by atoms with E-state index in [1.807, 2.05) is 41.3 Å². The molecule has 3 aromatic rings. The molecule has 0 spiro atoms. The van der Waals surface area contributed by atoms with Crippen molar-refractivity contribution in [2.45, 2.75) is 52.7 Å². The third-order valence-electron chi connectivity index (χ3n) is 7.46. The van der Waals surface area contributed by atoms with Gasteiger partial charge in [0.2, 0.25) is 5.91 Å². The van der Waals surface area contributed by atoms with Crippen molar-refractivity contribution in [3.05, 3.63) is 81.9 Å². The molecule has 1 fully saturated rings. The number of rotatable bonds is 5. The number of halogens is 1. The molecule has 0 aromatic heterocycles. The van der Waals surface area contributed by atoms with Crippen LogP contribution in [0, 0.1) is 6.92 Å². The van der Waals surface area contributed by atoms with Gasteiger partial charge in [-0.2, -0.15) is 0 Å². The standard InChI is InChI=1S/C31H35ClN4O2/c1-19-13-23(16-33-22(4)37)5-10-27(19)24-6-8-25(9-7-24)31(38)36-12-11-26-14-28(32)30(15-29(26)36)35-17-20(2)34-21(3)18-35/h5-10,13-15,20-21,34H,11-12,16-18H2,1-4H3,(H,33,37)/t20-,21+. The summed E-state index contributed by atoms with van der Waals surface area (Å²) in [6.07, 6.45) is 0.803. The van der Waals surface area contributed by atoms with Gasteiger partial charge in [0.15, 0.2) is 0 Å². The molecule has 6 nitrogen and oxygen atoms in total. The van der Waals surface area contributed by atoms with E-state index < -0.39 is 0 Å². The van der Waals surface area contributed by atoms with Gasteiger partial charge < -0.3 is 20.4 Å². The summed E-state index contributed by atoms with van der Waals surface area (Å²) in [5.41, 5.74) is 8.11. The van der Waals surface area contributed by atoms with Gasteiger partial charge in [-0.1, -0.05) is 41.9 Å². The van der Waals surface area contributed by atoms with Crippen LogP contribution in [0.1, 0.15) is 47.8 Å². The number of nitrogens with one attached hydrogen (secondary N) is 2. The van der Waals surface area contributed by atoms with Gasteiger partial charge in [-0.3, -0.25) is 9.59 Å². The Hall–Kier alpha value is -3.35. The lowest BCUT2D eigenvalue weighted by Gasteiger charge is -2.38. The Labute approximate surface area is 230 Å². The molecule has 0 radical (unpaired) electrons. The number of fused-ring (bicyclic) bond motifs is 1. The Morgan fingerprint density at radius 1 is 1.00 bits per heavy atom. The second-order valence-electron chi connectivity index (χ2n) is 10.6. The summed E-state index contributed by atoms with van der Waals surface area (Å²) >= 11 is 6.73. The van der Waals surface area contributed by atoms with Crippen molar-refractivity contribution in [2.24, 2.45) is 0 Å². The van der Waals surface area contributed by atoms with Crippen LogP contribution in [-0.4, -0.2) is 43.5 Å². The quantitative estimate of drug-likeness (QED) is 0.467. The van der Waals surface area contributed by atoms with Gasteiger partial charge in [-0.15, -0.1) is 0 Å². The van der Waals surface area contributed by atoms with Crippen molar-refractivity contribution >= 4 is 34.8 Å². The zero-order valence-electron chi connectivity index (χ0n) is 22.5. The topological polar surface area (TPSA) is 64.7 Å². The van der Waals surface area contributed by atoms with Crippen molar-refractivity contribution in [3.8, 4) is 11.1 Å². The minimum absolute atomic E-state index is 0.00740. The summed E-state index contributed by atoms with van der Waals surface area (Å²) in [5.74, 6) is -0.0343. The van der Waals surface area contributed by atoms with Crippen LogP contribution in [0.4, 0.5) is 11.4 Å². The highest BCUT2D eigenvalue weighted by molar-refractivity contribution is 6.33. The van der Waals surface area contributed by atoms with E-state index in [1.165, 1.54) is 6.92 Å². The Kier molecular flexibility index (Phi) is 7.46. The molecule has 2 aliphatic rings. The van der Waals surface area contributed by atoms with E-state index in [9.17, 15) is 9.59 Å². The molecule has 7 heteroatoms. The number of hydrogen-bond acceptors (Lipinski definition) is 4. The third-order valence-corrected chi connectivity index (χ3v) is 7.76. The Balaban J connectivity index is 1.35. The van der Waals surface area contributed by atoms with Gasteiger partial charge in [-0.05, 0) is 79.3 Å². The van der Waals surface area contributed by atoms with Gasteiger partial charge in [-0.25, -0.2) is 0 Å². The molecule has 2 atom stereocenters. The van der Waals surface area contributed by atoms with E-state index >= 15 is 0 Å². The lowest BCUT2D eigenvalue weighted by molar-refractivity contribution is -0.119. The second-order valence-corrected chi connectivity index (χ2v) is 11.1. The molecule has 0 bridgehead atoms. The van der Waals surface area contributed by atoms with Crippen LogP contribution >= 0.6 is 11.6 Å². The summed E-state index contributed by atoms with van der Waals surface area (Å²) in [7, 11) is 0. The van der Waals surface area contributed by atoms with E-state index in [4.69, 9.17) is 11.6 Å². The smallest absolute Gasteiger partial charge is 0.258 e. The van der Waals surface area contributed by atoms with Crippen molar-refractivity contribution in [1.82, 2.24) is 10.6 Å². The third kappa shape index (κ3) is 5.42. The summed E-state index contributed by atoms with van der Waals surface area (Å²) in [4.78, 5) is 29.0. The lowest BCUT2D eigenvalue weighted by Crippen LogP contribution is -2.54. The Bertz CT molecular complexity index is 1360. The normalized spacial score (nSPS) is 18.9. The molecule has 0 saturated carbocycles. The number of anilines is 2. The molecule has 3 aromatic carbocycles. The molecule has 5 rings (SSSR count). The maximum Gasteiger partial charge on any atom is 0.258 e. The van der Waals surface area contributed by atoms with E-state index in [1.54, 1.807) is 0 Å². The highest BCUT2D eigenvalue weighted by Crippen LogP contribution is 2.39. The van der Waals surface area contributed by atoms with Gasteiger partial charge in [0.1, 0.15) is 0 Å². The first-order chi connectivity index (χ1) is 18.2. The van der Waals surface area contributed by atoms with Gasteiger partial charge in [0, 0.05) is 56.4 Å². The monoisotopic (exact) mass is 530 g/mol. The number of aryl methyl sites for hydroxylation is 1. The van der Waals surface area contributed by atoms with Crippen LogP contribution < -0.4 is 20.4 Å². The predicted octanol–water partition coefficient (Wildman–Crippen LogP) is 5.34. The predicted molar refractivity (Wildman–Crippen MR) is 155 cm³/mol. The van der Waals surface area contributed by atoms with Crippen molar-refractivity contribution in [1.29, 1.82) is 0 Å². The van der Waals surface area contributed by atoms with E-state index in [-0.39, 0.29) is 11.8 Å². The summed E-state index contributed by atoms with van der Waals surface area (Å²) in [6.45, 7) is 10.9. The average Bonchev–Trinajstić information content (AvgIpc) is 3.28. The Morgan fingerprint density at radius 2 is 1.71 bits per heavy atom. The number of amides is 2. The number of piperazine rings is 1. The first-order valence-corrected chi connectivity index (χ1v) is 13.7. The van der Waals surface area contributed by atoms with E-state index in [2.05, 4.69) is 54.5 Å². The maximum absolute atomic E-state index is 13.6. The van der Waals surface area contributed by atoms with Crippen molar-refractivity contribution in [3.63, 3.8) is 0 Å². The first kappa shape index (κ1) is 26.3. The summed E-state index contributed by atoms with van der Waals surface area (Å²) in [5, 5.41) is 7.16. The van der Waals surface area contributed by atoms with E-state index in [0.29, 0.717) is 30.7 Å². The fourth-order valence-electron chi connectivity index (χ4n) is 5.71. The summed E-state index contributed by atoms with van der Waals surface area (Å²) < 4.78 is 0. The Morgan fingerprint density at radius 3 is 2.37 bits per heavy atom. The van der Waals surface area contributed by atoms with E-state index in [0.717, 1.165) is 63.7 Å². The molecule has 1 saturated heterocycles. The molecule has 2 N–H and O–H groups in total. The van der Waals surface area contributed by atoms with Gasteiger partial charge >= 0.3 is 0 Å². The number of carbonyl (C=O) groups is 2. The van der Waals surface area contributed by atoms with Crippen LogP contribution in [0.5, 0.6) is 0 Å². The number of hydrogen-bond donors (Lipinski definition) is 2. The largest absolute Gasteiger partial charge is 0.367 e. The molecular weight excluding hydrogens is 496 g/mol. The summed E-state index contributed by atoms with van der Waals surface area (Å²) in [6, 6.07) is 18.9. The molecular formula is C31H35ClN4O2. The van der Waals surface area contributed by atoms with Gasteiger partial charge in [0.25, 0.3) is 5.91 Å². The molecule has 198 valence electrons. The number of carbonyl (C=O) groups excluding carboxylic acids is 2. The minimum atomic E-state index is -0.0417. The first-order valence-electron chi connectivity index (χ1n) is 13.3. The van der Waals surface area contributed by atoms with Gasteiger partial charge in [0.05, 0.1) is 10.7 Å². The average molecular weight is 531 g/mol. The highest BCUT2D eigenvalue weighted by atomic mass is 35.5. The van der Waals surface area contributed by atoms with Crippen LogP contribution in [0.3, 0.4) is 0 Å². The molecule has 2 heterocycles.